The van der Waals surface area contributed by atoms with Crippen molar-refractivity contribution in [3.63, 3.8) is 0 Å². The van der Waals surface area contributed by atoms with Crippen LogP contribution in [0, 0.1) is 10.1 Å². The molecule has 27 heavy (non-hydrogen) atoms. The highest BCUT2D eigenvalue weighted by Gasteiger charge is 2.18. The molecule has 0 unspecified atom stereocenters. The molecule has 0 fully saturated rings. The second-order valence-electron chi connectivity index (χ2n) is 5.58. The van der Waals surface area contributed by atoms with Crippen molar-refractivity contribution in [2.24, 2.45) is 5.10 Å². The van der Waals surface area contributed by atoms with Crippen LogP contribution in [0.1, 0.15) is 15.2 Å². The predicted octanol–water partition coefficient (Wildman–Crippen LogP) is 4.19. The fraction of sp³-hybridized carbons (Fsp3) is 0.0526. The summed E-state index contributed by atoms with van der Waals surface area (Å²) in [6, 6.07) is 17.6. The third kappa shape index (κ3) is 4.36. The summed E-state index contributed by atoms with van der Waals surface area (Å²) in [5, 5.41) is 17.2. The Balaban J connectivity index is 1.80. The molecule has 1 heterocycles. The lowest BCUT2D eigenvalue weighted by Crippen LogP contribution is -2.16. The molecule has 2 aromatic carbocycles. The van der Waals surface area contributed by atoms with Gasteiger partial charge >= 0.3 is 0 Å². The van der Waals surface area contributed by atoms with E-state index in [9.17, 15) is 14.9 Å². The number of anilines is 2. The van der Waals surface area contributed by atoms with Crippen LogP contribution in [0.15, 0.2) is 71.1 Å². The zero-order valence-corrected chi connectivity index (χ0v) is 15.2. The van der Waals surface area contributed by atoms with E-state index in [-0.39, 0.29) is 11.6 Å². The van der Waals surface area contributed by atoms with E-state index in [1.54, 1.807) is 41.6 Å². The number of hydrogen-bond acceptors (Lipinski definition) is 6. The van der Waals surface area contributed by atoms with E-state index in [4.69, 9.17) is 0 Å². The van der Waals surface area contributed by atoms with Gasteiger partial charge in [0.15, 0.2) is 0 Å². The number of nitrogens with one attached hydrogen (secondary N) is 1. The number of nitrogens with zero attached hydrogens (tertiary/aromatic N) is 3. The highest BCUT2D eigenvalue weighted by atomic mass is 32.1. The van der Waals surface area contributed by atoms with Crippen molar-refractivity contribution >= 4 is 40.5 Å². The summed E-state index contributed by atoms with van der Waals surface area (Å²) in [6.45, 7) is 0. The number of hydrazone groups is 1. The lowest BCUT2D eigenvalue weighted by atomic mass is 10.1. The largest absolute Gasteiger partial charge is 0.339 e. The van der Waals surface area contributed by atoms with Gasteiger partial charge in [0.25, 0.3) is 11.6 Å². The zero-order chi connectivity index (χ0) is 19.2. The molecule has 1 N–H and O–H groups in total. The standard InChI is InChI=1S/C19H16N4O3S/c1-22(15-6-3-2-4-7-15)16-10-9-14(12-17(16)23(25)26)13-20-21-19(24)18-8-5-11-27-18/h2-13H,1H3,(H,21,24)/b20-13-. The summed E-state index contributed by atoms with van der Waals surface area (Å²) in [7, 11) is 1.77. The lowest BCUT2D eigenvalue weighted by Gasteiger charge is -2.19. The Kier molecular flexibility index (Phi) is 5.58. The van der Waals surface area contributed by atoms with Crippen molar-refractivity contribution in [1.82, 2.24) is 5.43 Å². The number of amides is 1. The highest BCUT2D eigenvalue weighted by molar-refractivity contribution is 7.12. The second-order valence-corrected chi connectivity index (χ2v) is 6.52. The van der Waals surface area contributed by atoms with E-state index in [0.29, 0.717) is 16.1 Å². The molecular formula is C19H16N4O3S. The number of rotatable bonds is 6. The molecule has 0 aliphatic rings. The van der Waals surface area contributed by atoms with Crippen LogP contribution >= 0.6 is 11.3 Å². The van der Waals surface area contributed by atoms with Gasteiger partial charge in [-0.1, -0.05) is 30.3 Å². The summed E-state index contributed by atoms with van der Waals surface area (Å²) in [5.74, 6) is -0.323. The molecule has 3 aromatic rings. The van der Waals surface area contributed by atoms with Gasteiger partial charge in [-0.15, -0.1) is 11.3 Å². The van der Waals surface area contributed by atoms with E-state index in [1.807, 2.05) is 30.3 Å². The lowest BCUT2D eigenvalue weighted by molar-refractivity contribution is -0.384. The second kappa shape index (κ2) is 8.24. The van der Waals surface area contributed by atoms with E-state index >= 15 is 0 Å². The molecule has 3 rings (SSSR count). The van der Waals surface area contributed by atoms with Crippen molar-refractivity contribution in [1.29, 1.82) is 0 Å². The van der Waals surface area contributed by atoms with Crippen LogP contribution in [-0.2, 0) is 0 Å². The number of carbonyl (C=O) groups is 1. The Morgan fingerprint density at radius 2 is 1.96 bits per heavy atom. The molecule has 0 radical (unpaired) electrons. The normalized spacial score (nSPS) is 10.7. The van der Waals surface area contributed by atoms with Crippen molar-refractivity contribution in [3.05, 3.63) is 86.6 Å². The number of hydrogen-bond donors (Lipinski definition) is 1. The highest BCUT2D eigenvalue weighted by Crippen LogP contribution is 2.32. The van der Waals surface area contributed by atoms with Crippen LogP contribution in [0.4, 0.5) is 17.1 Å². The van der Waals surface area contributed by atoms with Crippen LogP contribution in [0.25, 0.3) is 0 Å². The number of carbonyl (C=O) groups excluding carboxylic acids is 1. The average molecular weight is 380 g/mol. The van der Waals surface area contributed by atoms with Gasteiger partial charge in [-0.2, -0.15) is 5.10 Å². The third-order valence-electron chi connectivity index (χ3n) is 3.83. The summed E-state index contributed by atoms with van der Waals surface area (Å²) in [6.07, 6.45) is 1.38. The zero-order valence-electron chi connectivity index (χ0n) is 14.4. The average Bonchev–Trinajstić information content (AvgIpc) is 3.23. The quantitative estimate of drug-likeness (QED) is 0.395. The number of nitro groups is 1. The summed E-state index contributed by atoms with van der Waals surface area (Å²) in [5.41, 5.74) is 4.17. The molecule has 136 valence electrons. The molecule has 0 saturated carbocycles. The van der Waals surface area contributed by atoms with Crippen molar-refractivity contribution in [3.8, 4) is 0 Å². The van der Waals surface area contributed by atoms with Gasteiger partial charge in [0.1, 0.15) is 5.69 Å². The monoisotopic (exact) mass is 380 g/mol. The first kappa shape index (κ1) is 18.3. The smallest absolute Gasteiger partial charge is 0.293 e. The van der Waals surface area contributed by atoms with E-state index in [0.717, 1.165) is 5.69 Å². The maximum Gasteiger partial charge on any atom is 0.293 e. The van der Waals surface area contributed by atoms with E-state index in [1.165, 1.54) is 23.6 Å². The van der Waals surface area contributed by atoms with Crippen LogP contribution < -0.4 is 10.3 Å². The molecule has 8 heteroatoms. The Morgan fingerprint density at radius 3 is 2.63 bits per heavy atom. The van der Waals surface area contributed by atoms with Gasteiger partial charge in [0.2, 0.25) is 0 Å². The Hall–Kier alpha value is -3.52. The van der Waals surface area contributed by atoms with Gasteiger partial charge in [-0.05, 0) is 29.6 Å². The Labute approximate surface area is 159 Å². The molecule has 0 saturated heterocycles. The van der Waals surface area contributed by atoms with Gasteiger partial charge in [0, 0.05) is 24.4 Å². The predicted molar refractivity (Wildman–Crippen MR) is 107 cm³/mol. The SMILES string of the molecule is CN(c1ccccc1)c1ccc(/C=N\NC(=O)c2cccs2)cc1[N+](=O)[O-]. The minimum Gasteiger partial charge on any atom is -0.339 e. The van der Waals surface area contributed by atoms with Crippen molar-refractivity contribution in [2.45, 2.75) is 0 Å². The molecular weight excluding hydrogens is 364 g/mol. The Morgan fingerprint density at radius 1 is 1.19 bits per heavy atom. The molecule has 7 nitrogen and oxygen atoms in total. The fourth-order valence-corrected chi connectivity index (χ4v) is 3.08. The van der Waals surface area contributed by atoms with Gasteiger partial charge in [-0.25, -0.2) is 5.43 Å². The Bertz CT molecular complexity index is 972. The molecule has 0 atom stereocenters. The van der Waals surface area contributed by atoms with E-state index < -0.39 is 4.92 Å². The van der Waals surface area contributed by atoms with Crippen LogP contribution in [-0.4, -0.2) is 24.1 Å². The maximum absolute atomic E-state index is 11.8. The molecule has 0 bridgehead atoms. The molecule has 0 aliphatic carbocycles. The first-order chi connectivity index (χ1) is 13.1. The topological polar surface area (TPSA) is 87.8 Å². The molecule has 0 aliphatic heterocycles. The van der Waals surface area contributed by atoms with Crippen molar-refractivity contribution < 1.29 is 9.72 Å². The third-order valence-corrected chi connectivity index (χ3v) is 4.69. The first-order valence-electron chi connectivity index (χ1n) is 8.00. The van der Waals surface area contributed by atoms with Gasteiger partial charge in [-0.3, -0.25) is 14.9 Å². The molecule has 1 amide bonds. The van der Waals surface area contributed by atoms with Crippen LogP contribution in [0.3, 0.4) is 0 Å². The summed E-state index contributed by atoms with van der Waals surface area (Å²) in [4.78, 5) is 25.2. The van der Waals surface area contributed by atoms with Crippen LogP contribution in [0.5, 0.6) is 0 Å². The molecule has 0 spiro atoms. The summed E-state index contributed by atoms with van der Waals surface area (Å²) >= 11 is 1.31. The number of benzene rings is 2. The number of nitro benzene ring substituents is 1. The van der Waals surface area contributed by atoms with E-state index in [2.05, 4.69) is 10.5 Å². The summed E-state index contributed by atoms with van der Waals surface area (Å²) < 4.78 is 0. The van der Waals surface area contributed by atoms with Gasteiger partial charge in [0.05, 0.1) is 16.0 Å². The minimum atomic E-state index is -0.434. The van der Waals surface area contributed by atoms with Gasteiger partial charge < -0.3 is 4.90 Å². The number of thiophene rings is 1. The maximum atomic E-state index is 11.8. The van der Waals surface area contributed by atoms with Crippen LogP contribution in [0.2, 0.25) is 0 Å². The van der Waals surface area contributed by atoms with Crippen molar-refractivity contribution in [2.75, 3.05) is 11.9 Å². The minimum absolute atomic E-state index is 0.0464. The number of para-hydroxylation sites is 1. The first-order valence-corrected chi connectivity index (χ1v) is 8.88. The molecule has 1 aromatic heterocycles. The fourth-order valence-electron chi connectivity index (χ4n) is 2.47.